The third kappa shape index (κ3) is 8.90. The maximum Gasteiger partial charge on any atom is 0.316 e. The number of esters is 2. The molecule has 0 aliphatic rings. The van der Waals surface area contributed by atoms with Crippen LogP contribution in [0.25, 0.3) is 0 Å². The highest BCUT2D eigenvalue weighted by Crippen LogP contribution is 2.32. The number of carbonyl (C=O) groups is 2. The van der Waals surface area contributed by atoms with E-state index >= 15 is 0 Å². The van der Waals surface area contributed by atoms with Crippen molar-refractivity contribution in [1.29, 1.82) is 0 Å². The number of hydrogen-bond donors (Lipinski definition) is 0. The molecule has 1 atom stereocenters. The molecule has 0 heterocycles. The second-order valence-electron chi connectivity index (χ2n) is 6.20. The van der Waals surface area contributed by atoms with Gasteiger partial charge in [-0.25, -0.2) is 0 Å². The van der Waals surface area contributed by atoms with E-state index in [0.717, 1.165) is 32.1 Å². The molecule has 4 nitrogen and oxygen atoms in total. The molecule has 0 rings (SSSR count). The van der Waals surface area contributed by atoms with Crippen LogP contribution in [-0.4, -0.2) is 19.0 Å². The summed E-state index contributed by atoms with van der Waals surface area (Å²) in [5.74, 6) is -0.851. The van der Waals surface area contributed by atoms with Crippen molar-refractivity contribution in [2.75, 3.05) is 7.11 Å². The molecule has 0 radical (unpaired) electrons. The first-order chi connectivity index (χ1) is 11.6. The van der Waals surface area contributed by atoms with E-state index in [4.69, 9.17) is 9.47 Å². The van der Waals surface area contributed by atoms with Crippen LogP contribution in [0.3, 0.4) is 0 Å². The maximum atomic E-state index is 12.2. The normalized spacial score (nSPS) is 13.5. The van der Waals surface area contributed by atoms with Crippen molar-refractivity contribution >= 4 is 11.9 Å². The average Bonchev–Trinajstić information content (AvgIpc) is 2.59. The molecule has 0 aliphatic carbocycles. The molecule has 0 N–H and O–H groups in total. The summed E-state index contributed by atoms with van der Waals surface area (Å²) in [6.45, 7) is 8.01. The molecule has 0 fully saturated rings. The van der Waals surface area contributed by atoms with Gasteiger partial charge in [0.1, 0.15) is 0 Å². The molecular weight excluding hydrogens is 304 g/mol. The summed E-state index contributed by atoms with van der Waals surface area (Å²) in [5, 5.41) is 0. The van der Waals surface area contributed by atoms with Crippen LogP contribution < -0.4 is 0 Å². The number of methoxy groups -OCH3 is 1. The van der Waals surface area contributed by atoms with Crippen LogP contribution in [0.5, 0.6) is 0 Å². The smallest absolute Gasteiger partial charge is 0.316 e. The Hall–Kier alpha value is -1.58. The Labute approximate surface area is 147 Å². The van der Waals surface area contributed by atoms with Gasteiger partial charge in [0.05, 0.1) is 25.2 Å². The molecule has 0 aromatic carbocycles. The monoisotopic (exact) mass is 338 g/mol. The van der Waals surface area contributed by atoms with Gasteiger partial charge in [-0.1, -0.05) is 58.4 Å². The third-order valence-electron chi connectivity index (χ3n) is 4.19. The van der Waals surface area contributed by atoms with Crippen molar-refractivity contribution in [1.82, 2.24) is 0 Å². The molecule has 0 saturated carbocycles. The van der Waals surface area contributed by atoms with Crippen LogP contribution in [0.2, 0.25) is 0 Å². The van der Waals surface area contributed by atoms with Crippen molar-refractivity contribution in [3.8, 4) is 0 Å². The summed E-state index contributed by atoms with van der Waals surface area (Å²) in [6, 6.07) is 0. The Bertz CT molecular complexity index is 400. The van der Waals surface area contributed by atoms with Crippen LogP contribution in [0.1, 0.15) is 78.1 Å². The molecule has 0 saturated heterocycles. The summed E-state index contributed by atoms with van der Waals surface area (Å²) in [6.07, 6.45) is 13.8. The highest BCUT2D eigenvalue weighted by Gasteiger charge is 2.38. The fourth-order valence-corrected chi connectivity index (χ4v) is 2.59. The topological polar surface area (TPSA) is 52.6 Å². The van der Waals surface area contributed by atoms with Gasteiger partial charge >= 0.3 is 11.9 Å². The lowest BCUT2D eigenvalue weighted by Gasteiger charge is -2.26. The van der Waals surface area contributed by atoms with Crippen molar-refractivity contribution in [2.45, 2.75) is 78.1 Å². The second kappa shape index (κ2) is 13.8. The van der Waals surface area contributed by atoms with Gasteiger partial charge in [-0.2, -0.15) is 0 Å². The van der Waals surface area contributed by atoms with Crippen molar-refractivity contribution in [3.63, 3.8) is 0 Å². The molecule has 138 valence electrons. The first kappa shape index (κ1) is 22.4. The maximum absolute atomic E-state index is 12.2. The lowest BCUT2D eigenvalue weighted by molar-refractivity contribution is -0.156. The van der Waals surface area contributed by atoms with Crippen molar-refractivity contribution < 1.29 is 19.1 Å². The zero-order valence-electron chi connectivity index (χ0n) is 15.6. The molecule has 1 unspecified atom stereocenters. The molecule has 0 aromatic heterocycles. The van der Waals surface area contributed by atoms with Crippen LogP contribution >= 0.6 is 0 Å². The Morgan fingerprint density at radius 2 is 1.71 bits per heavy atom. The Morgan fingerprint density at radius 3 is 2.29 bits per heavy atom. The first-order valence-corrected chi connectivity index (χ1v) is 9.12. The van der Waals surface area contributed by atoms with Gasteiger partial charge in [-0.15, -0.1) is 6.58 Å². The largest absolute Gasteiger partial charge is 0.468 e. The van der Waals surface area contributed by atoms with E-state index in [1.54, 1.807) is 0 Å². The molecule has 24 heavy (non-hydrogen) atoms. The highest BCUT2D eigenvalue weighted by molar-refractivity contribution is 5.85. The molecule has 0 bridgehead atoms. The standard InChI is InChI=1S/C20H34O4/c1-5-8-10-11-12-14-16-24-18(21)17-20(7-3,19(22)23-4)15-13-9-6-2/h7,14,16H,3,5-6,8-13,15,17H2,1-2,4H3. The third-order valence-corrected chi connectivity index (χ3v) is 4.19. The van der Waals surface area contributed by atoms with Gasteiger partial charge in [0.15, 0.2) is 0 Å². The van der Waals surface area contributed by atoms with E-state index in [9.17, 15) is 9.59 Å². The molecule has 0 amide bonds. The Balaban J connectivity index is 4.50. The van der Waals surface area contributed by atoms with Gasteiger partial charge in [0.25, 0.3) is 0 Å². The van der Waals surface area contributed by atoms with Crippen LogP contribution in [0.4, 0.5) is 0 Å². The van der Waals surface area contributed by atoms with E-state index in [-0.39, 0.29) is 6.42 Å². The van der Waals surface area contributed by atoms with Crippen molar-refractivity contribution in [3.05, 3.63) is 25.0 Å². The summed E-state index contributed by atoms with van der Waals surface area (Å²) in [5.41, 5.74) is -0.990. The fourth-order valence-electron chi connectivity index (χ4n) is 2.59. The van der Waals surface area contributed by atoms with E-state index in [2.05, 4.69) is 20.4 Å². The Kier molecular flexibility index (Phi) is 12.9. The molecule has 0 spiro atoms. The second-order valence-corrected chi connectivity index (χ2v) is 6.20. The SMILES string of the molecule is C=CC(CCCCC)(CC(=O)OC=CCCCCCC)C(=O)OC. The summed E-state index contributed by atoms with van der Waals surface area (Å²) >= 11 is 0. The number of carbonyl (C=O) groups excluding carboxylic acids is 2. The van der Waals surface area contributed by atoms with Gasteiger partial charge < -0.3 is 9.47 Å². The quantitative estimate of drug-likeness (QED) is 0.186. The zero-order valence-corrected chi connectivity index (χ0v) is 15.6. The van der Waals surface area contributed by atoms with Gasteiger partial charge in [0, 0.05) is 0 Å². The number of rotatable bonds is 14. The zero-order chi connectivity index (χ0) is 18.3. The summed E-state index contributed by atoms with van der Waals surface area (Å²) < 4.78 is 10.0. The molecule has 0 aromatic rings. The minimum atomic E-state index is -0.990. The minimum Gasteiger partial charge on any atom is -0.468 e. The van der Waals surface area contributed by atoms with Crippen LogP contribution in [-0.2, 0) is 19.1 Å². The lowest BCUT2D eigenvalue weighted by atomic mass is 9.79. The van der Waals surface area contributed by atoms with Gasteiger partial charge in [-0.3, -0.25) is 9.59 Å². The van der Waals surface area contributed by atoms with E-state index < -0.39 is 17.4 Å². The molecule has 4 heteroatoms. The minimum absolute atomic E-state index is 0.0347. The highest BCUT2D eigenvalue weighted by atomic mass is 16.5. The van der Waals surface area contributed by atoms with E-state index in [1.165, 1.54) is 38.7 Å². The first-order valence-electron chi connectivity index (χ1n) is 9.12. The number of unbranched alkanes of at least 4 members (excludes halogenated alkanes) is 6. The molecular formula is C20H34O4. The summed E-state index contributed by atoms with van der Waals surface area (Å²) in [7, 11) is 1.34. The van der Waals surface area contributed by atoms with Gasteiger partial charge in [-0.05, 0) is 25.3 Å². The average molecular weight is 338 g/mol. The Morgan fingerprint density at radius 1 is 1.04 bits per heavy atom. The lowest BCUT2D eigenvalue weighted by Crippen LogP contribution is -2.33. The summed E-state index contributed by atoms with van der Waals surface area (Å²) in [4.78, 5) is 24.2. The predicted octanol–water partition coefficient (Wildman–Crippen LogP) is 5.33. The van der Waals surface area contributed by atoms with Crippen LogP contribution in [0.15, 0.2) is 25.0 Å². The predicted molar refractivity (Wildman–Crippen MR) is 97.4 cm³/mol. The fraction of sp³-hybridized carbons (Fsp3) is 0.700. The van der Waals surface area contributed by atoms with Crippen molar-refractivity contribution in [2.24, 2.45) is 5.41 Å². The number of allylic oxidation sites excluding steroid dienone is 1. The van der Waals surface area contributed by atoms with Gasteiger partial charge in [0.2, 0.25) is 0 Å². The molecule has 0 aliphatic heterocycles. The number of hydrogen-bond acceptors (Lipinski definition) is 4. The van der Waals surface area contributed by atoms with E-state index in [1.807, 2.05) is 6.08 Å². The van der Waals surface area contributed by atoms with Crippen LogP contribution in [0, 0.1) is 5.41 Å². The van der Waals surface area contributed by atoms with E-state index in [0.29, 0.717) is 6.42 Å². The number of ether oxygens (including phenoxy) is 2.